The van der Waals surface area contributed by atoms with E-state index in [-0.39, 0.29) is 16.5 Å². The van der Waals surface area contributed by atoms with Gasteiger partial charge in [0.05, 0.1) is 36.4 Å². The minimum atomic E-state index is -3.93. The van der Waals surface area contributed by atoms with Crippen LogP contribution in [0.3, 0.4) is 0 Å². The SMILES string of the molecule is C=CCN(c1cc(Cl)ccc1OC)S(=O)(=O)c1ccc(OC)c(Cl)c1. The third-order valence-corrected chi connectivity index (χ3v) is 5.72. The zero-order valence-electron chi connectivity index (χ0n) is 13.7. The van der Waals surface area contributed by atoms with E-state index in [9.17, 15) is 8.42 Å². The largest absolute Gasteiger partial charge is 0.495 e. The third-order valence-electron chi connectivity index (χ3n) is 3.42. The second-order valence-electron chi connectivity index (χ2n) is 4.94. The quantitative estimate of drug-likeness (QED) is 0.645. The van der Waals surface area contributed by atoms with Gasteiger partial charge in [-0.2, -0.15) is 0 Å². The Morgan fingerprint density at radius 2 is 1.72 bits per heavy atom. The first-order valence-electron chi connectivity index (χ1n) is 7.16. The van der Waals surface area contributed by atoms with Crippen LogP contribution in [-0.4, -0.2) is 29.2 Å². The molecule has 0 N–H and O–H groups in total. The first kappa shape index (κ1) is 19.4. The van der Waals surface area contributed by atoms with Crippen molar-refractivity contribution in [3.05, 3.63) is 59.1 Å². The predicted molar refractivity (Wildman–Crippen MR) is 101 cm³/mol. The van der Waals surface area contributed by atoms with Crippen molar-refractivity contribution in [2.75, 3.05) is 25.1 Å². The van der Waals surface area contributed by atoms with Gasteiger partial charge < -0.3 is 9.47 Å². The Hall–Kier alpha value is -1.89. The lowest BCUT2D eigenvalue weighted by Gasteiger charge is -2.25. The Balaban J connectivity index is 2.61. The molecule has 0 unspecified atom stereocenters. The van der Waals surface area contributed by atoms with E-state index >= 15 is 0 Å². The lowest BCUT2D eigenvalue weighted by molar-refractivity contribution is 0.414. The minimum absolute atomic E-state index is 0.0159. The summed E-state index contributed by atoms with van der Waals surface area (Å²) in [5.41, 5.74) is 0.307. The average molecular weight is 402 g/mol. The number of anilines is 1. The molecular formula is C17H17Cl2NO4S. The molecular weight excluding hydrogens is 385 g/mol. The molecule has 25 heavy (non-hydrogen) atoms. The Bertz CT molecular complexity index is 884. The van der Waals surface area contributed by atoms with Crippen LogP contribution in [0.4, 0.5) is 5.69 Å². The van der Waals surface area contributed by atoms with E-state index in [1.807, 2.05) is 0 Å². The van der Waals surface area contributed by atoms with Gasteiger partial charge in [0.2, 0.25) is 0 Å². The molecule has 0 spiro atoms. The maximum absolute atomic E-state index is 13.1. The Kier molecular flexibility index (Phi) is 6.21. The number of halogens is 2. The van der Waals surface area contributed by atoms with Gasteiger partial charge in [-0.25, -0.2) is 8.42 Å². The van der Waals surface area contributed by atoms with Crippen LogP contribution in [0.1, 0.15) is 0 Å². The van der Waals surface area contributed by atoms with E-state index in [1.54, 1.807) is 12.1 Å². The molecule has 0 atom stereocenters. The molecule has 2 aromatic carbocycles. The van der Waals surface area contributed by atoms with Gasteiger partial charge >= 0.3 is 0 Å². The van der Waals surface area contributed by atoms with Crippen LogP contribution in [-0.2, 0) is 10.0 Å². The van der Waals surface area contributed by atoms with Crippen molar-refractivity contribution < 1.29 is 17.9 Å². The van der Waals surface area contributed by atoms with Crippen LogP contribution >= 0.6 is 23.2 Å². The van der Waals surface area contributed by atoms with Gasteiger partial charge in [0.15, 0.2) is 0 Å². The van der Waals surface area contributed by atoms with Crippen LogP contribution in [0, 0.1) is 0 Å². The van der Waals surface area contributed by atoms with E-state index in [0.717, 1.165) is 4.31 Å². The van der Waals surface area contributed by atoms with Crippen molar-refractivity contribution in [1.82, 2.24) is 0 Å². The van der Waals surface area contributed by atoms with Crippen LogP contribution in [0.15, 0.2) is 53.9 Å². The molecule has 0 aliphatic heterocycles. The molecule has 0 aliphatic rings. The number of hydrogen-bond donors (Lipinski definition) is 0. The molecule has 0 saturated carbocycles. The van der Waals surface area contributed by atoms with E-state index in [0.29, 0.717) is 22.2 Å². The number of benzene rings is 2. The van der Waals surface area contributed by atoms with Gasteiger partial charge in [-0.1, -0.05) is 29.3 Å². The standard InChI is InChI=1S/C17H17Cl2NO4S/c1-4-9-20(15-10-12(18)5-7-17(15)24-3)25(21,22)13-6-8-16(23-2)14(19)11-13/h4-8,10-11H,1,9H2,2-3H3. The summed E-state index contributed by atoms with van der Waals surface area (Å²) in [5.74, 6) is 0.755. The molecule has 0 aliphatic carbocycles. The minimum Gasteiger partial charge on any atom is -0.495 e. The lowest BCUT2D eigenvalue weighted by Crippen LogP contribution is -2.31. The highest BCUT2D eigenvalue weighted by Crippen LogP contribution is 2.36. The van der Waals surface area contributed by atoms with Gasteiger partial charge in [-0.3, -0.25) is 4.31 Å². The number of ether oxygens (including phenoxy) is 2. The molecule has 0 saturated heterocycles. The van der Waals surface area contributed by atoms with Crippen LogP contribution in [0.25, 0.3) is 0 Å². The van der Waals surface area contributed by atoms with Gasteiger partial charge in [0, 0.05) is 5.02 Å². The number of hydrogen-bond acceptors (Lipinski definition) is 4. The molecule has 0 amide bonds. The summed E-state index contributed by atoms with van der Waals surface area (Å²) in [7, 11) is -1.02. The molecule has 2 aromatic rings. The zero-order valence-corrected chi connectivity index (χ0v) is 16.0. The molecule has 134 valence electrons. The fraction of sp³-hybridized carbons (Fsp3) is 0.176. The van der Waals surface area contributed by atoms with Crippen LogP contribution in [0.5, 0.6) is 11.5 Å². The number of rotatable bonds is 7. The Labute approximate surface area is 157 Å². The van der Waals surface area contributed by atoms with E-state index in [2.05, 4.69) is 6.58 Å². The molecule has 5 nitrogen and oxygen atoms in total. The summed E-state index contributed by atoms with van der Waals surface area (Å²) in [5, 5.41) is 0.577. The highest BCUT2D eigenvalue weighted by Gasteiger charge is 2.27. The summed E-state index contributed by atoms with van der Waals surface area (Å²) in [4.78, 5) is 0.0159. The second kappa shape index (κ2) is 7.99. The van der Waals surface area contributed by atoms with E-state index in [4.69, 9.17) is 32.7 Å². The first-order valence-corrected chi connectivity index (χ1v) is 9.35. The Morgan fingerprint density at radius 1 is 1.08 bits per heavy atom. The highest BCUT2D eigenvalue weighted by atomic mass is 35.5. The lowest BCUT2D eigenvalue weighted by atomic mass is 10.3. The Morgan fingerprint density at radius 3 is 2.28 bits per heavy atom. The maximum atomic E-state index is 13.1. The first-order chi connectivity index (χ1) is 11.8. The van der Waals surface area contributed by atoms with Crippen molar-refractivity contribution in [2.24, 2.45) is 0 Å². The molecule has 8 heteroatoms. The number of methoxy groups -OCH3 is 2. The fourth-order valence-corrected chi connectivity index (χ4v) is 4.19. The molecule has 0 radical (unpaired) electrons. The summed E-state index contributed by atoms with van der Waals surface area (Å²) in [6, 6.07) is 9.00. The molecule has 0 fully saturated rings. The zero-order chi connectivity index (χ0) is 18.6. The molecule has 0 heterocycles. The third kappa shape index (κ3) is 4.03. The van der Waals surface area contributed by atoms with Gasteiger partial charge in [0.1, 0.15) is 11.5 Å². The molecule has 0 aromatic heterocycles. The normalized spacial score (nSPS) is 11.0. The summed E-state index contributed by atoms with van der Waals surface area (Å²) < 4.78 is 37.8. The van der Waals surface area contributed by atoms with Crippen LogP contribution < -0.4 is 13.8 Å². The molecule has 0 bridgehead atoms. The van der Waals surface area contributed by atoms with Crippen molar-refractivity contribution in [1.29, 1.82) is 0 Å². The number of nitrogens with zero attached hydrogens (tertiary/aromatic N) is 1. The second-order valence-corrected chi connectivity index (χ2v) is 7.64. The summed E-state index contributed by atoms with van der Waals surface area (Å²) >= 11 is 12.1. The van der Waals surface area contributed by atoms with Crippen LogP contribution in [0.2, 0.25) is 10.0 Å². The topological polar surface area (TPSA) is 55.8 Å². The molecule has 2 rings (SSSR count). The van der Waals surface area contributed by atoms with E-state index in [1.165, 1.54) is 44.6 Å². The monoisotopic (exact) mass is 401 g/mol. The smallest absolute Gasteiger partial charge is 0.264 e. The van der Waals surface area contributed by atoms with Crippen molar-refractivity contribution in [3.63, 3.8) is 0 Å². The summed E-state index contributed by atoms with van der Waals surface area (Å²) in [6.45, 7) is 3.66. The number of sulfonamides is 1. The maximum Gasteiger partial charge on any atom is 0.264 e. The van der Waals surface area contributed by atoms with Gasteiger partial charge in [0.25, 0.3) is 10.0 Å². The van der Waals surface area contributed by atoms with Crippen molar-refractivity contribution >= 4 is 38.9 Å². The predicted octanol–water partition coefficient (Wildman–Crippen LogP) is 4.39. The summed E-state index contributed by atoms with van der Waals surface area (Å²) in [6.07, 6.45) is 1.48. The fourth-order valence-electron chi connectivity index (χ4n) is 2.24. The van der Waals surface area contributed by atoms with Crippen molar-refractivity contribution in [2.45, 2.75) is 4.90 Å². The van der Waals surface area contributed by atoms with Crippen molar-refractivity contribution in [3.8, 4) is 11.5 Å². The van der Waals surface area contributed by atoms with Gasteiger partial charge in [-0.05, 0) is 36.4 Å². The average Bonchev–Trinajstić information content (AvgIpc) is 2.59. The van der Waals surface area contributed by atoms with E-state index < -0.39 is 10.0 Å². The van der Waals surface area contributed by atoms with Gasteiger partial charge in [-0.15, -0.1) is 6.58 Å². The highest BCUT2D eigenvalue weighted by molar-refractivity contribution is 7.92.